The lowest BCUT2D eigenvalue weighted by atomic mass is 10.0. The smallest absolute Gasteiger partial charge is 0.164 e. The molecule has 5 rings (SSSR count). The molecule has 1 heterocycles. The van der Waals surface area contributed by atoms with Gasteiger partial charge in [0.2, 0.25) is 0 Å². The highest BCUT2D eigenvalue weighted by atomic mass is 19.1. The number of rotatable bonds is 4. The van der Waals surface area contributed by atoms with Gasteiger partial charge in [0, 0.05) is 27.8 Å². The third kappa shape index (κ3) is 4.26. The van der Waals surface area contributed by atoms with E-state index in [4.69, 9.17) is 0 Å². The summed E-state index contributed by atoms with van der Waals surface area (Å²) in [7, 11) is 0. The Morgan fingerprint density at radius 3 is 1.58 bits per heavy atom. The predicted molar refractivity (Wildman–Crippen MR) is 126 cm³/mol. The van der Waals surface area contributed by atoms with E-state index >= 15 is 4.39 Å². The Bertz CT molecular complexity index is 1380. The molecular weight excluding hydrogens is 416 g/mol. The Kier molecular flexibility index (Phi) is 5.45. The zero-order valence-electron chi connectivity index (χ0n) is 17.8. The molecule has 0 fully saturated rings. The first kappa shape index (κ1) is 20.6. The van der Waals surface area contributed by atoms with Gasteiger partial charge in [0.25, 0.3) is 0 Å². The molecule has 0 saturated carbocycles. The molecule has 0 amide bonds. The van der Waals surface area contributed by atoms with Crippen molar-refractivity contribution in [2.75, 3.05) is 0 Å². The van der Waals surface area contributed by atoms with E-state index in [1.54, 1.807) is 24.3 Å². The van der Waals surface area contributed by atoms with E-state index in [0.717, 1.165) is 16.7 Å². The Morgan fingerprint density at radius 2 is 1.03 bits per heavy atom. The van der Waals surface area contributed by atoms with Crippen molar-refractivity contribution in [1.29, 1.82) is 0 Å². The van der Waals surface area contributed by atoms with Gasteiger partial charge in [-0.15, -0.1) is 0 Å². The summed E-state index contributed by atoms with van der Waals surface area (Å²) in [4.78, 5) is 13.9. The molecule has 0 saturated heterocycles. The maximum absolute atomic E-state index is 15.1. The lowest BCUT2D eigenvalue weighted by Gasteiger charge is -2.10. The summed E-state index contributed by atoms with van der Waals surface area (Å²) >= 11 is 0. The van der Waals surface area contributed by atoms with E-state index < -0.39 is 11.6 Å². The largest absolute Gasteiger partial charge is 0.208 e. The van der Waals surface area contributed by atoms with Gasteiger partial charge in [0.1, 0.15) is 11.6 Å². The van der Waals surface area contributed by atoms with Crippen LogP contribution in [-0.4, -0.2) is 15.0 Å². The van der Waals surface area contributed by atoms with Gasteiger partial charge in [-0.05, 0) is 25.1 Å². The SMILES string of the molecule is Cc1ccc(F)c(-c2ccc(-c3nc(-c4ccccc4)nc(-c4ccccc4)n3)cc2F)c1. The molecule has 0 spiro atoms. The van der Waals surface area contributed by atoms with Crippen molar-refractivity contribution < 1.29 is 8.78 Å². The summed E-state index contributed by atoms with van der Waals surface area (Å²) in [6.07, 6.45) is 0. The summed E-state index contributed by atoms with van der Waals surface area (Å²) in [5.74, 6) is 0.324. The molecule has 160 valence electrons. The summed E-state index contributed by atoms with van der Waals surface area (Å²) < 4.78 is 29.5. The van der Waals surface area contributed by atoms with Gasteiger partial charge in [-0.1, -0.05) is 84.4 Å². The van der Waals surface area contributed by atoms with Crippen LogP contribution in [0.25, 0.3) is 45.3 Å². The quantitative estimate of drug-likeness (QED) is 0.301. The van der Waals surface area contributed by atoms with E-state index in [1.165, 1.54) is 12.1 Å². The number of nitrogens with zero attached hydrogens (tertiary/aromatic N) is 3. The van der Waals surface area contributed by atoms with Crippen molar-refractivity contribution in [1.82, 2.24) is 15.0 Å². The third-order valence-electron chi connectivity index (χ3n) is 5.34. The van der Waals surface area contributed by atoms with Gasteiger partial charge < -0.3 is 0 Å². The standard InChI is InChI=1S/C28H19F2N3/c1-18-12-15-24(29)23(16-18)22-14-13-21(17-25(22)30)28-32-26(19-8-4-2-5-9-19)31-27(33-28)20-10-6-3-7-11-20/h2-17H,1H3. The predicted octanol–water partition coefficient (Wildman–Crippen LogP) is 7.13. The summed E-state index contributed by atoms with van der Waals surface area (Å²) in [6.45, 7) is 1.84. The lowest BCUT2D eigenvalue weighted by Crippen LogP contribution is -2.00. The van der Waals surface area contributed by atoms with Crippen LogP contribution >= 0.6 is 0 Å². The number of aryl methyl sites for hydroxylation is 1. The molecule has 3 nitrogen and oxygen atoms in total. The minimum absolute atomic E-state index is 0.195. The highest BCUT2D eigenvalue weighted by Crippen LogP contribution is 2.30. The second-order valence-corrected chi connectivity index (χ2v) is 7.72. The van der Waals surface area contributed by atoms with Crippen LogP contribution in [0.2, 0.25) is 0 Å². The number of hydrogen-bond donors (Lipinski definition) is 0. The van der Waals surface area contributed by atoms with Gasteiger partial charge in [0.05, 0.1) is 0 Å². The maximum Gasteiger partial charge on any atom is 0.164 e. The zero-order valence-corrected chi connectivity index (χ0v) is 17.8. The van der Waals surface area contributed by atoms with Crippen LogP contribution in [-0.2, 0) is 0 Å². The van der Waals surface area contributed by atoms with E-state index in [1.807, 2.05) is 67.6 Å². The molecule has 0 unspecified atom stereocenters. The van der Waals surface area contributed by atoms with Crippen molar-refractivity contribution in [2.24, 2.45) is 0 Å². The minimum Gasteiger partial charge on any atom is -0.208 e. The third-order valence-corrected chi connectivity index (χ3v) is 5.34. The minimum atomic E-state index is -0.542. The molecule has 5 heteroatoms. The van der Waals surface area contributed by atoms with Crippen molar-refractivity contribution in [3.05, 3.63) is 114 Å². The highest BCUT2D eigenvalue weighted by molar-refractivity contribution is 5.71. The molecule has 4 aromatic carbocycles. The molecule has 1 aromatic heterocycles. The van der Waals surface area contributed by atoms with Crippen molar-refractivity contribution in [3.63, 3.8) is 0 Å². The van der Waals surface area contributed by atoms with Crippen LogP contribution in [0.1, 0.15) is 5.56 Å². The molecule has 0 aliphatic heterocycles. The summed E-state index contributed by atoms with van der Waals surface area (Å²) in [5.41, 5.74) is 3.42. The van der Waals surface area contributed by atoms with Gasteiger partial charge in [-0.3, -0.25) is 0 Å². The van der Waals surface area contributed by atoms with Gasteiger partial charge in [0.15, 0.2) is 17.5 Å². The van der Waals surface area contributed by atoms with Crippen LogP contribution in [0.3, 0.4) is 0 Å². The molecule has 0 aliphatic carbocycles. The van der Waals surface area contributed by atoms with E-state index in [9.17, 15) is 4.39 Å². The average Bonchev–Trinajstić information content (AvgIpc) is 2.86. The highest BCUT2D eigenvalue weighted by Gasteiger charge is 2.15. The second kappa shape index (κ2) is 8.71. The zero-order chi connectivity index (χ0) is 22.8. The second-order valence-electron chi connectivity index (χ2n) is 7.72. The number of hydrogen-bond acceptors (Lipinski definition) is 3. The Morgan fingerprint density at radius 1 is 0.485 bits per heavy atom. The number of aromatic nitrogens is 3. The van der Waals surface area contributed by atoms with Gasteiger partial charge in [-0.2, -0.15) is 0 Å². The van der Waals surface area contributed by atoms with E-state index in [0.29, 0.717) is 23.0 Å². The number of halogens is 2. The number of benzene rings is 4. The Balaban J connectivity index is 1.64. The summed E-state index contributed by atoms with van der Waals surface area (Å²) in [6, 6.07) is 28.4. The maximum atomic E-state index is 15.1. The average molecular weight is 435 g/mol. The molecule has 33 heavy (non-hydrogen) atoms. The van der Waals surface area contributed by atoms with Gasteiger partial charge in [-0.25, -0.2) is 23.7 Å². The van der Waals surface area contributed by atoms with Crippen molar-refractivity contribution in [3.8, 4) is 45.3 Å². The van der Waals surface area contributed by atoms with Crippen molar-refractivity contribution in [2.45, 2.75) is 6.92 Å². The molecule has 0 atom stereocenters. The van der Waals surface area contributed by atoms with Crippen molar-refractivity contribution >= 4 is 0 Å². The molecule has 0 radical (unpaired) electrons. The van der Waals surface area contributed by atoms with Crippen LogP contribution < -0.4 is 0 Å². The van der Waals surface area contributed by atoms with Gasteiger partial charge >= 0.3 is 0 Å². The van der Waals surface area contributed by atoms with Crippen LogP contribution in [0, 0.1) is 18.6 Å². The fourth-order valence-corrected chi connectivity index (χ4v) is 3.66. The summed E-state index contributed by atoms with van der Waals surface area (Å²) in [5, 5.41) is 0. The fraction of sp³-hybridized carbons (Fsp3) is 0.0357. The topological polar surface area (TPSA) is 38.7 Å². The first-order valence-electron chi connectivity index (χ1n) is 10.5. The molecule has 0 N–H and O–H groups in total. The Hall–Kier alpha value is -4.25. The van der Waals surface area contributed by atoms with Crippen LogP contribution in [0.4, 0.5) is 8.78 Å². The lowest BCUT2D eigenvalue weighted by molar-refractivity contribution is 0.616. The Labute approximate surface area is 190 Å². The van der Waals surface area contributed by atoms with E-state index in [-0.39, 0.29) is 11.1 Å². The molecule has 0 aliphatic rings. The molecule has 0 bridgehead atoms. The first-order chi connectivity index (χ1) is 16.1. The monoisotopic (exact) mass is 435 g/mol. The van der Waals surface area contributed by atoms with E-state index in [2.05, 4.69) is 15.0 Å². The first-order valence-corrected chi connectivity index (χ1v) is 10.5. The fourth-order valence-electron chi connectivity index (χ4n) is 3.66. The van der Waals surface area contributed by atoms with Crippen LogP contribution in [0.15, 0.2) is 97.1 Å². The normalized spacial score (nSPS) is 10.9. The van der Waals surface area contributed by atoms with Crippen LogP contribution in [0.5, 0.6) is 0 Å². The molecular formula is C28H19F2N3. The molecule has 5 aromatic rings.